The number of nitrogens with one attached hydrogen (secondary N) is 2. The highest BCUT2D eigenvalue weighted by atomic mass is 19.3. The predicted octanol–water partition coefficient (Wildman–Crippen LogP) is 3.47. The highest BCUT2D eigenvalue weighted by Gasteiger charge is 2.40. The Morgan fingerprint density at radius 2 is 2.03 bits per heavy atom. The summed E-state index contributed by atoms with van der Waals surface area (Å²) in [5.41, 5.74) is 2.46. The van der Waals surface area contributed by atoms with E-state index in [0.29, 0.717) is 30.1 Å². The van der Waals surface area contributed by atoms with E-state index in [1.807, 2.05) is 13.0 Å². The second-order valence-electron chi connectivity index (χ2n) is 10.6. The monoisotopic (exact) mass is 512 g/mol. The zero-order chi connectivity index (χ0) is 25.7. The van der Waals surface area contributed by atoms with Crippen molar-refractivity contribution in [1.29, 1.82) is 0 Å². The van der Waals surface area contributed by atoms with Gasteiger partial charge in [0.15, 0.2) is 5.65 Å². The van der Waals surface area contributed by atoms with Gasteiger partial charge in [-0.2, -0.15) is 10.2 Å². The Morgan fingerprint density at radius 3 is 2.73 bits per heavy atom. The van der Waals surface area contributed by atoms with Crippen molar-refractivity contribution < 1.29 is 18.4 Å². The fraction of sp³-hybridized carbons (Fsp3) is 0.560. The van der Waals surface area contributed by atoms with Gasteiger partial charge in [-0.25, -0.2) is 23.1 Å². The summed E-state index contributed by atoms with van der Waals surface area (Å²) in [4.78, 5) is 31.9. The van der Waals surface area contributed by atoms with E-state index in [2.05, 4.69) is 20.8 Å². The SMILES string of the molecule is C[C@@H]1CN(Cc2cnn3cc([C@@H](NC(=O)c4ccnn4C4CC4)C4CCC(F)(F)CC4)nc3c2)C(=O)N1. The number of urea groups is 1. The highest BCUT2D eigenvalue weighted by Crippen LogP contribution is 2.41. The molecule has 196 valence electrons. The molecule has 12 heteroatoms. The van der Waals surface area contributed by atoms with Gasteiger partial charge >= 0.3 is 6.03 Å². The molecule has 0 bridgehead atoms. The molecule has 3 aliphatic rings. The Balaban J connectivity index is 1.27. The van der Waals surface area contributed by atoms with Crippen LogP contribution in [-0.2, 0) is 6.54 Å². The molecule has 4 heterocycles. The van der Waals surface area contributed by atoms with Gasteiger partial charge in [0.1, 0.15) is 5.69 Å². The molecule has 3 amide bonds. The molecular formula is C25H30F2N8O2. The normalized spacial score (nSPS) is 22.8. The van der Waals surface area contributed by atoms with Crippen LogP contribution in [0.3, 0.4) is 0 Å². The standard InChI is InChI=1S/C25H30F2N8O2/c1-15-12-33(24(37)30-15)13-16-10-21-31-19(14-34(21)29-11-16)22(17-4-7-25(26,27)8-5-17)32-23(36)20-6-9-28-35(20)18-2-3-18/h6,9-11,14-15,17-18,22H,2-5,7-8,12-13H2,1H3,(H,30,37)(H,32,36)/t15-,22+/m1/s1. The van der Waals surface area contributed by atoms with Crippen molar-refractivity contribution in [2.45, 2.75) is 76.0 Å². The topological polar surface area (TPSA) is 109 Å². The third-order valence-corrected chi connectivity index (χ3v) is 7.55. The van der Waals surface area contributed by atoms with Crippen molar-refractivity contribution in [2.75, 3.05) is 6.54 Å². The van der Waals surface area contributed by atoms with Gasteiger partial charge in [0.2, 0.25) is 5.92 Å². The van der Waals surface area contributed by atoms with E-state index in [-0.39, 0.29) is 55.6 Å². The Hall–Kier alpha value is -3.57. The molecule has 37 heavy (non-hydrogen) atoms. The summed E-state index contributed by atoms with van der Waals surface area (Å²) in [5, 5.41) is 14.7. The molecule has 2 aliphatic carbocycles. The number of fused-ring (bicyclic) bond motifs is 1. The number of amides is 3. The fourth-order valence-corrected chi connectivity index (χ4v) is 5.44. The molecule has 0 radical (unpaired) electrons. The van der Waals surface area contributed by atoms with Crippen LogP contribution in [-0.4, -0.2) is 59.7 Å². The van der Waals surface area contributed by atoms with Crippen LogP contribution in [0.25, 0.3) is 5.65 Å². The lowest BCUT2D eigenvalue weighted by molar-refractivity contribution is -0.0495. The molecule has 3 fully saturated rings. The van der Waals surface area contributed by atoms with Gasteiger partial charge in [0.05, 0.1) is 30.2 Å². The number of alkyl halides is 2. The predicted molar refractivity (Wildman–Crippen MR) is 129 cm³/mol. The van der Waals surface area contributed by atoms with Crippen LogP contribution in [0.15, 0.2) is 30.7 Å². The quantitative estimate of drug-likeness (QED) is 0.504. The molecule has 0 aromatic carbocycles. The van der Waals surface area contributed by atoms with Gasteiger partial charge in [-0.1, -0.05) is 0 Å². The molecule has 1 aliphatic heterocycles. The minimum Gasteiger partial charge on any atom is -0.342 e. The molecule has 0 spiro atoms. The summed E-state index contributed by atoms with van der Waals surface area (Å²) >= 11 is 0. The van der Waals surface area contributed by atoms with Crippen LogP contribution in [0.2, 0.25) is 0 Å². The van der Waals surface area contributed by atoms with Crippen molar-refractivity contribution in [3.63, 3.8) is 0 Å². The van der Waals surface area contributed by atoms with E-state index in [1.54, 1.807) is 38.8 Å². The number of halogens is 2. The number of nitrogens with zero attached hydrogens (tertiary/aromatic N) is 6. The minimum atomic E-state index is -2.68. The van der Waals surface area contributed by atoms with Crippen molar-refractivity contribution in [3.05, 3.63) is 47.7 Å². The molecule has 3 aromatic heterocycles. The highest BCUT2D eigenvalue weighted by molar-refractivity contribution is 5.92. The minimum absolute atomic E-state index is 0.0886. The Kier molecular flexibility index (Phi) is 5.84. The van der Waals surface area contributed by atoms with Crippen molar-refractivity contribution in [2.24, 2.45) is 5.92 Å². The number of hydrogen-bond donors (Lipinski definition) is 2. The van der Waals surface area contributed by atoms with E-state index < -0.39 is 12.0 Å². The lowest BCUT2D eigenvalue weighted by Gasteiger charge is -2.33. The van der Waals surface area contributed by atoms with Gasteiger partial charge in [0.25, 0.3) is 5.91 Å². The van der Waals surface area contributed by atoms with E-state index >= 15 is 0 Å². The molecule has 2 N–H and O–H groups in total. The maximum atomic E-state index is 13.9. The number of aromatic nitrogens is 5. The first-order valence-electron chi connectivity index (χ1n) is 12.9. The summed E-state index contributed by atoms with van der Waals surface area (Å²) in [6.45, 7) is 2.97. The van der Waals surface area contributed by atoms with E-state index in [9.17, 15) is 18.4 Å². The van der Waals surface area contributed by atoms with Crippen LogP contribution in [0.1, 0.15) is 79.3 Å². The smallest absolute Gasteiger partial charge is 0.318 e. The van der Waals surface area contributed by atoms with Crippen molar-refractivity contribution in [1.82, 2.24) is 39.9 Å². The number of carbonyl (C=O) groups is 2. The van der Waals surface area contributed by atoms with E-state index in [1.165, 1.54) is 0 Å². The molecule has 10 nitrogen and oxygen atoms in total. The molecule has 1 saturated heterocycles. The van der Waals surface area contributed by atoms with E-state index in [4.69, 9.17) is 4.98 Å². The average Bonchev–Trinajstić information content (AvgIpc) is 3.28. The molecule has 0 unspecified atom stereocenters. The van der Waals surface area contributed by atoms with E-state index in [0.717, 1.165) is 18.4 Å². The first-order chi connectivity index (χ1) is 17.8. The second kappa shape index (κ2) is 9.07. The third kappa shape index (κ3) is 4.88. The summed E-state index contributed by atoms with van der Waals surface area (Å²) in [5.74, 6) is -3.14. The lowest BCUT2D eigenvalue weighted by atomic mass is 9.81. The average molecular weight is 513 g/mol. The Morgan fingerprint density at radius 1 is 1.24 bits per heavy atom. The number of imidazole rings is 1. The van der Waals surface area contributed by atoms with Gasteiger partial charge in [-0.15, -0.1) is 0 Å². The summed E-state index contributed by atoms with van der Waals surface area (Å²) in [6, 6.07) is 3.22. The van der Waals surface area contributed by atoms with Gasteiger partial charge in [-0.05, 0) is 56.2 Å². The zero-order valence-electron chi connectivity index (χ0n) is 20.6. The van der Waals surface area contributed by atoms with Crippen LogP contribution in [0.5, 0.6) is 0 Å². The third-order valence-electron chi connectivity index (χ3n) is 7.55. The maximum Gasteiger partial charge on any atom is 0.318 e. The number of carbonyl (C=O) groups excluding carboxylic acids is 2. The largest absolute Gasteiger partial charge is 0.342 e. The van der Waals surface area contributed by atoms with Crippen LogP contribution in [0, 0.1) is 5.92 Å². The van der Waals surface area contributed by atoms with Crippen LogP contribution < -0.4 is 10.6 Å². The first kappa shape index (κ1) is 23.8. The van der Waals surface area contributed by atoms with Gasteiger partial charge < -0.3 is 15.5 Å². The summed E-state index contributed by atoms with van der Waals surface area (Å²) < 4.78 is 31.3. The Labute approximate surface area is 212 Å². The van der Waals surface area contributed by atoms with Crippen LogP contribution >= 0.6 is 0 Å². The van der Waals surface area contributed by atoms with Gasteiger partial charge in [-0.3, -0.25) is 9.48 Å². The van der Waals surface area contributed by atoms with Gasteiger partial charge in [0, 0.05) is 38.2 Å². The maximum absolute atomic E-state index is 13.9. The summed E-state index contributed by atoms with van der Waals surface area (Å²) in [6.07, 6.45) is 7.18. The molecule has 3 aromatic rings. The fourth-order valence-electron chi connectivity index (χ4n) is 5.44. The molecule has 2 saturated carbocycles. The molecule has 2 atom stereocenters. The van der Waals surface area contributed by atoms with Crippen LogP contribution in [0.4, 0.5) is 13.6 Å². The lowest BCUT2D eigenvalue weighted by Crippen LogP contribution is -2.38. The van der Waals surface area contributed by atoms with Crippen molar-refractivity contribution in [3.8, 4) is 0 Å². The first-order valence-corrected chi connectivity index (χ1v) is 12.9. The molecule has 6 rings (SSSR count). The van der Waals surface area contributed by atoms with Crippen molar-refractivity contribution >= 4 is 17.6 Å². The molecular weight excluding hydrogens is 482 g/mol. The number of rotatable bonds is 7. The zero-order valence-corrected chi connectivity index (χ0v) is 20.6. The number of hydrogen-bond acceptors (Lipinski definition) is 5. The second-order valence-corrected chi connectivity index (χ2v) is 10.6. The summed E-state index contributed by atoms with van der Waals surface area (Å²) in [7, 11) is 0. The Bertz CT molecular complexity index is 1320.